The van der Waals surface area contributed by atoms with Crippen molar-refractivity contribution in [2.45, 2.75) is 82.5 Å². The summed E-state index contributed by atoms with van der Waals surface area (Å²) in [4.78, 5) is 24.2. The van der Waals surface area contributed by atoms with Gasteiger partial charge in [0.2, 0.25) is 0 Å². The predicted molar refractivity (Wildman–Crippen MR) is 96.6 cm³/mol. The Bertz CT molecular complexity index is 845. The SMILES string of the molecule is CC12C[C@@H]3O[C@@]34C(C3CC3C3=CC(=O)CCC34C)C1CC[C@@]21CCC(=O)O1. The molecule has 27 heavy (non-hydrogen) atoms. The van der Waals surface area contributed by atoms with Gasteiger partial charge in [-0.2, -0.15) is 0 Å². The van der Waals surface area contributed by atoms with Gasteiger partial charge in [0.25, 0.3) is 0 Å². The highest BCUT2D eigenvalue weighted by Gasteiger charge is 2.85. The van der Waals surface area contributed by atoms with E-state index in [4.69, 9.17) is 9.47 Å². The molecule has 6 unspecified atom stereocenters. The molecule has 6 fully saturated rings. The highest BCUT2D eigenvalue weighted by molar-refractivity contribution is 5.92. The van der Waals surface area contributed by atoms with Crippen molar-refractivity contribution < 1.29 is 19.1 Å². The van der Waals surface area contributed by atoms with Crippen LogP contribution >= 0.6 is 0 Å². The summed E-state index contributed by atoms with van der Waals surface area (Å²) in [5, 5.41) is 0. The zero-order chi connectivity index (χ0) is 18.4. The molecule has 4 saturated carbocycles. The van der Waals surface area contributed by atoms with Gasteiger partial charge in [-0.1, -0.05) is 19.4 Å². The fourth-order valence-electron chi connectivity index (χ4n) is 9.12. The first-order valence-corrected chi connectivity index (χ1v) is 11.0. The summed E-state index contributed by atoms with van der Waals surface area (Å²) in [6.07, 6.45) is 9.85. The Balaban J connectivity index is 1.36. The van der Waals surface area contributed by atoms with Crippen LogP contribution in [0.3, 0.4) is 0 Å². The van der Waals surface area contributed by atoms with Crippen LogP contribution in [0.4, 0.5) is 0 Å². The topological polar surface area (TPSA) is 55.9 Å². The van der Waals surface area contributed by atoms with Crippen LogP contribution in [-0.4, -0.2) is 29.1 Å². The van der Waals surface area contributed by atoms with E-state index in [-0.39, 0.29) is 34.1 Å². The summed E-state index contributed by atoms with van der Waals surface area (Å²) in [6.45, 7) is 4.81. The van der Waals surface area contributed by atoms with Crippen LogP contribution in [0.1, 0.15) is 65.2 Å². The minimum absolute atomic E-state index is 0.00124. The molecule has 2 aliphatic heterocycles. The lowest BCUT2D eigenvalue weighted by atomic mass is 9.46. The van der Waals surface area contributed by atoms with E-state index in [9.17, 15) is 9.59 Å². The van der Waals surface area contributed by atoms with Gasteiger partial charge in [-0.15, -0.1) is 0 Å². The third-order valence-electron chi connectivity index (χ3n) is 10.4. The molecule has 0 N–H and O–H groups in total. The van der Waals surface area contributed by atoms with Crippen molar-refractivity contribution in [1.82, 2.24) is 0 Å². The summed E-state index contributed by atoms with van der Waals surface area (Å²) < 4.78 is 12.8. The molecular weight excluding hydrogens is 340 g/mol. The maximum atomic E-state index is 12.2. The molecule has 0 aromatic carbocycles. The lowest BCUT2D eigenvalue weighted by molar-refractivity contribution is -0.164. The van der Waals surface area contributed by atoms with Gasteiger partial charge in [0.1, 0.15) is 11.2 Å². The van der Waals surface area contributed by atoms with E-state index < -0.39 is 0 Å². The summed E-state index contributed by atoms with van der Waals surface area (Å²) in [5.41, 5.74) is 1.24. The van der Waals surface area contributed by atoms with Gasteiger partial charge >= 0.3 is 5.97 Å². The third kappa shape index (κ3) is 1.47. The molecule has 2 saturated heterocycles. The van der Waals surface area contributed by atoms with E-state index in [1.54, 1.807) is 0 Å². The van der Waals surface area contributed by atoms with Gasteiger partial charge in [0, 0.05) is 23.7 Å². The second-order valence-electron chi connectivity index (χ2n) is 11.1. The van der Waals surface area contributed by atoms with E-state index in [1.165, 1.54) is 18.4 Å². The molecule has 0 aromatic heterocycles. The minimum atomic E-state index is -0.239. The monoisotopic (exact) mass is 368 g/mol. The lowest BCUT2D eigenvalue weighted by Gasteiger charge is -2.56. The Labute approximate surface area is 160 Å². The van der Waals surface area contributed by atoms with E-state index in [2.05, 4.69) is 13.8 Å². The standard InChI is InChI=1S/C23H28O4/c1-20-6-3-12(24)9-16(20)13-10-14(13)19-15-4-7-22(8-5-18(25)27-22)21(15,2)11-17-23(19,20)26-17/h9,13-15,17,19H,3-8,10-11H2,1-2H3/t13?,14?,15?,17-,19?,20?,21?,22+,23+/m0/s1. The summed E-state index contributed by atoms with van der Waals surface area (Å²) in [5.74, 6) is 2.77. The number of carbonyl (C=O) groups excluding carboxylic acids is 2. The summed E-state index contributed by atoms with van der Waals surface area (Å²) in [6, 6.07) is 0. The van der Waals surface area contributed by atoms with E-state index >= 15 is 0 Å². The molecule has 2 spiro atoms. The number of epoxide rings is 1. The first kappa shape index (κ1) is 15.7. The number of esters is 1. The smallest absolute Gasteiger partial charge is 0.306 e. The quantitative estimate of drug-likeness (QED) is 0.484. The van der Waals surface area contributed by atoms with Crippen LogP contribution < -0.4 is 0 Å². The van der Waals surface area contributed by atoms with E-state index in [1.807, 2.05) is 6.08 Å². The Morgan fingerprint density at radius 2 is 1.96 bits per heavy atom. The zero-order valence-corrected chi connectivity index (χ0v) is 16.3. The number of rotatable bonds is 0. The fraction of sp³-hybridized carbons (Fsp3) is 0.826. The molecule has 7 aliphatic rings. The van der Waals surface area contributed by atoms with Crippen molar-refractivity contribution in [2.75, 3.05) is 0 Å². The Morgan fingerprint density at radius 3 is 2.74 bits per heavy atom. The Morgan fingerprint density at radius 1 is 1.11 bits per heavy atom. The van der Waals surface area contributed by atoms with Crippen LogP contribution in [0.2, 0.25) is 0 Å². The van der Waals surface area contributed by atoms with Crippen molar-refractivity contribution in [2.24, 2.45) is 34.5 Å². The summed E-state index contributed by atoms with van der Waals surface area (Å²) >= 11 is 0. The Hall–Kier alpha value is -1.16. The van der Waals surface area contributed by atoms with Gasteiger partial charge in [-0.05, 0) is 68.3 Å². The molecule has 0 aromatic rings. The molecule has 9 atom stereocenters. The van der Waals surface area contributed by atoms with Crippen LogP contribution in [0, 0.1) is 34.5 Å². The molecule has 4 nitrogen and oxygen atoms in total. The molecule has 0 amide bonds. The number of ketones is 1. The fourth-order valence-corrected chi connectivity index (χ4v) is 9.12. The van der Waals surface area contributed by atoms with Gasteiger partial charge in [-0.25, -0.2) is 0 Å². The second kappa shape index (κ2) is 4.22. The molecule has 2 heterocycles. The number of carbonyl (C=O) groups is 2. The molecule has 7 rings (SSSR count). The van der Waals surface area contributed by atoms with Crippen molar-refractivity contribution in [3.63, 3.8) is 0 Å². The first-order valence-electron chi connectivity index (χ1n) is 11.0. The number of ether oxygens (including phenoxy) is 2. The second-order valence-corrected chi connectivity index (χ2v) is 11.1. The van der Waals surface area contributed by atoms with Crippen LogP contribution in [0.25, 0.3) is 0 Å². The average Bonchev–Trinajstić information content (AvgIpc) is 3.49. The van der Waals surface area contributed by atoms with Gasteiger partial charge in [0.05, 0.1) is 6.10 Å². The minimum Gasteiger partial charge on any atom is -0.458 e. The van der Waals surface area contributed by atoms with Crippen molar-refractivity contribution in [3.8, 4) is 0 Å². The maximum absolute atomic E-state index is 12.2. The van der Waals surface area contributed by atoms with Gasteiger partial charge in [-0.3, -0.25) is 9.59 Å². The largest absolute Gasteiger partial charge is 0.458 e. The molecule has 0 radical (unpaired) electrons. The van der Waals surface area contributed by atoms with Crippen LogP contribution in [0.5, 0.6) is 0 Å². The normalized spacial score (nSPS) is 62.0. The molecule has 4 heteroatoms. The lowest BCUT2D eigenvalue weighted by Crippen LogP contribution is -2.60. The summed E-state index contributed by atoms with van der Waals surface area (Å²) in [7, 11) is 0. The molecule has 144 valence electrons. The van der Waals surface area contributed by atoms with Crippen molar-refractivity contribution in [3.05, 3.63) is 11.6 Å². The average molecular weight is 368 g/mol. The van der Waals surface area contributed by atoms with Crippen LogP contribution in [0.15, 0.2) is 11.6 Å². The van der Waals surface area contributed by atoms with Crippen molar-refractivity contribution in [1.29, 1.82) is 0 Å². The first-order chi connectivity index (χ1) is 12.8. The van der Waals surface area contributed by atoms with E-state index in [0.717, 1.165) is 25.7 Å². The van der Waals surface area contributed by atoms with Gasteiger partial charge < -0.3 is 9.47 Å². The number of hydrogen-bond acceptors (Lipinski definition) is 4. The van der Waals surface area contributed by atoms with E-state index in [0.29, 0.717) is 42.3 Å². The zero-order valence-electron chi connectivity index (χ0n) is 16.3. The highest BCUT2D eigenvalue weighted by Crippen LogP contribution is 2.82. The number of hydrogen-bond donors (Lipinski definition) is 0. The molecule has 5 aliphatic carbocycles. The maximum Gasteiger partial charge on any atom is 0.306 e. The highest BCUT2D eigenvalue weighted by atomic mass is 16.6. The molecular formula is C23H28O4. The van der Waals surface area contributed by atoms with Gasteiger partial charge in [0.15, 0.2) is 5.78 Å². The number of fused-ring (bicyclic) bond motifs is 7. The Kier molecular flexibility index (Phi) is 2.46. The predicted octanol–water partition coefficient (Wildman–Crippen LogP) is 3.58. The van der Waals surface area contributed by atoms with Crippen LogP contribution in [-0.2, 0) is 19.1 Å². The molecule has 0 bridgehead atoms. The van der Waals surface area contributed by atoms with Crippen molar-refractivity contribution >= 4 is 11.8 Å². The third-order valence-corrected chi connectivity index (χ3v) is 10.4.